The van der Waals surface area contributed by atoms with Crippen LogP contribution in [-0.2, 0) is 25.3 Å². The molecule has 0 saturated carbocycles. The Balaban J connectivity index is 2.05. The van der Waals surface area contributed by atoms with Crippen molar-refractivity contribution in [2.24, 2.45) is 5.92 Å². The van der Waals surface area contributed by atoms with E-state index < -0.39 is 26.3 Å². The number of Topliss-reactive ketones (excluding diaryl/α,β-unsaturated/α-hetero) is 1. The molecule has 198 valence electrons. The lowest BCUT2D eigenvalue weighted by Gasteiger charge is -2.41. The fourth-order valence-electron chi connectivity index (χ4n) is 3.49. The summed E-state index contributed by atoms with van der Waals surface area (Å²) < 4.78 is 23.3. The summed E-state index contributed by atoms with van der Waals surface area (Å²) in [4.78, 5) is 25.8. The lowest BCUT2D eigenvalue weighted by Crippen LogP contribution is -2.48. The molecular formula is C29H42O6Si. The van der Waals surface area contributed by atoms with E-state index in [9.17, 15) is 9.59 Å². The summed E-state index contributed by atoms with van der Waals surface area (Å²) in [6, 6.07) is 16.4. The van der Waals surface area contributed by atoms with Crippen LogP contribution in [0.2, 0.25) is 18.1 Å². The van der Waals surface area contributed by atoms with Crippen LogP contribution in [0.1, 0.15) is 57.0 Å². The number of carbonyl (C=O) groups is 2. The molecule has 0 N–H and O–H groups in total. The number of benzene rings is 2. The molecule has 0 radical (unpaired) electrons. The van der Waals surface area contributed by atoms with Gasteiger partial charge in [-0.1, -0.05) is 58.0 Å². The third-order valence-corrected chi connectivity index (χ3v) is 11.4. The monoisotopic (exact) mass is 514 g/mol. The number of hydrogen-bond acceptors (Lipinski definition) is 6. The van der Waals surface area contributed by atoms with Crippen molar-refractivity contribution in [1.82, 2.24) is 0 Å². The lowest BCUT2D eigenvalue weighted by atomic mass is 9.94. The molecule has 0 aliphatic rings. The summed E-state index contributed by atoms with van der Waals surface area (Å²) >= 11 is 0. The molecule has 2 aromatic carbocycles. The average Bonchev–Trinajstić information content (AvgIpc) is 2.85. The number of esters is 1. The number of rotatable bonds is 13. The van der Waals surface area contributed by atoms with Crippen LogP contribution < -0.4 is 4.74 Å². The Hall–Kier alpha value is -2.48. The maximum atomic E-state index is 13.3. The Labute approximate surface area is 217 Å². The first kappa shape index (κ1) is 29.7. The molecule has 0 saturated heterocycles. The Morgan fingerprint density at radius 2 is 1.56 bits per heavy atom. The summed E-state index contributed by atoms with van der Waals surface area (Å²) in [7, 11) is -0.521. The Morgan fingerprint density at radius 1 is 0.944 bits per heavy atom. The van der Waals surface area contributed by atoms with Crippen LogP contribution in [0.25, 0.3) is 0 Å². The van der Waals surface area contributed by atoms with E-state index >= 15 is 0 Å². The van der Waals surface area contributed by atoms with Crippen molar-refractivity contribution in [2.45, 2.75) is 78.0 Å². The summed E-state index contributed by atoms with van der Waals surface area (Å²) in [6.07, 6.45) is -0.653. The van der Waals surface area contributed by atoms with E-state index in [1.165, 1.54) is 0 Å². The zero-order valence-electron chi connectivity index (χ0n) is 23.0. The van der Waals surface area contributed by atoms with Gasteiger partial charge in [0.25, 0.3) is 0 Å². The van der Waals surface area contributed by atoms with Crippen LogP contribution in [0.5, 0.6) is 5.75 Å². The van der Waals surface area contributed by atoms with E-state index in [-0.39, 0.29) is 16.9 Å². The van der Waals surface area contributed by atoms with Gasteiger partial charge >= 0.3 is 5.97 Å². The van der Waals surface area contributed by atoms with Crippen LogP contribution >= 0.6 is 0 Å². The molecule has 2 aromatic rings. The smallest absolute Gasteiger partial charge is 0.338 e. The fourth-order valence-corrected chi connectivity index (χ4v) is 4.92. The molecule has 0 amide bonds. The molecule has 0 heterocycles. The molecule has 0 aromatic heterocycles. The first-order valence-corrected chi connectivity index (χ1v) is 15.4. The van der Waals surface area contributed by atoms with Crippen molar-refractivity contribution in [2.75, 3.05) is 13.7 Å². The highest BCUT2D eigenvalue weighted by Crippen LogP contribution is 2.38. The molecule has 7 heteroatoms. The molecule has 0 unspecified atom stereocenters. The summed E-state index contributed by atoms with van der Waals surface area (Å²) in [5, 5.41) is -0.0106. The van der Waals surface area contributed by atoms with Gasteiger partial charge in [0.1, 0.15) is 5.75 Å². The zero-order chi connectivity index (χ0) is 26.9. The number of hydrogen-bond donors (Lipinski definition) is 0. The van der Waals surface area contributed by atoms with Crippen molar-refractivity contribution in [3.63, 3.8) is 0 Å². The Kier molecular flexibility index (Phi) is 10.9. The number of methoxy groups -OCH3 is 1. The van der Waals surface area contributed by atoms with E-state index in [0.29, 0.717) is 25.2 Å². The van der Waals surface area contributed by atoms with Gasteiger partial charge in [-0.15, -0.1) is 0 Å². The topological polar surface area (TPSA) is 71.1 Å². The SMILES string of the molecule is COc1ccc(COCC[C@@H](O[Si](C)(C)C(C)(C)C)[C@@H](C)C(=O)[C@H](C)OC(=O)c2ccccc2)cc1. The maximum Gasteiger partial charge on any atom is 0.338 e. The second-order valence-corrected chi connectivity index (χ2v) is 15.5. The minimum absolute atomic E-state index is 0.0106. The van der Waals surface area contributed by atoms with Crippen molar-refractivity contribution >= 4 is 20.1 Å². The summed E-state index contributed by atoms with van der Waals surface area (Å²) in [6.45, 7) is 15.3. The van der Waals surface area contributed by atoms with Gasteiger partial charge in [0, 0.05) is 12.5 Å². The maximum absolute atomic E-state index is 13.3. The molecule has 6 nitrogen and oxygen atoms in total. The molecular weight excluding hydrogens is 472 g/mol. The van der Waals surface area contributed by atoms with Gasteiger partial charge < -0.3 is 18.6 Å². The van der Waals surface area contributed by atoms with Gasteiger partial charge in [-0.25, -0.2) is 4.79 Å². The summed E-state index contributed by atoms with van der Waals surface area (Å²) in [5.74, 6) is -0.315. The van der Waals surface area contributed by atoms with Gasteiger partial charge in [-0.3, -0.25) is 4.79 Å². The third-order valence-electron chi connectivity index (χ3n) is 6.93. The molecule has 0 fully saturated rings. The fraction of sp³-hybridized carbons (Fsp3) is 0.517. The van der Waals surface area contributed by atoms with E-state index in [4.69, 9.17) is 18.6 Å². The van der Waals surface area contributed by atoms with Crippen molar-refractivity contribution in [1.29, 1.82) is 0 Å². The largest absolute Gasteiger partial charge is 0.497 e. The van der Waals surface area contributed by atoms with Crippen LogP contribution in [0.3, 0.4) is 0 Å². The Bertz CT molecular complexity index is 966. The van der Waals surface area contributed by atoms with Crippen LogP contribution in [0, 0.1) is 5.92 Å². The van der Waals surface area contributed by atoms with Crippen molar-refractivity contribution < 1.29 is 28.2 Å². The molecule has 3 atom stereocenters. The lowest BCUT2D eigenvalue weighted by molar-refractivity contribution is -0.133. The van der Waals surface area contributed by atoms with E-state index in [1.54, 1.807) is 38.3 Å². The number of carbonyl (C=O) groups excluding carboxylic acids is 2. The number of ketones is 1. The van der Waals surface area contributed by atoms with Gasteiger partial charge in [0.15, 0.2) is 20.2 Å². The first-order chi connectivity index (χ1) is 16.9. The molecule has 0 aliphatic carbocycles. The quantitative estimate of drug-likeness (QED) is 0.174. The Morgan fingerprint density at radius 3 is 2.11 bits per heavy atom. The van der Waals surface area contributed by atoms with Crippen LogP contribution in [-0.4, -0.2) is 46.0 Å². The van der Waals surface area contributed by atoms with Gasteiger partial charge in [0.05, 0.1) is 25.4 Å². The van der Waals surface area contributed by atoms with Crippen molar-refractivity contribution in [3.8, 4) is 5.75 Å². The van der Waals surface area contributed by atoms with E-state index in [1.807, 2.05) is 37.3 Å². The minimum atomic E-state index is -2.16. The predicted molar refractivity (Wildman–Crippen MR) is 145 cm³/mol. The van der Waals surface area contributed by atoms with Crippen LogP contribution in [0.4, 0.5) is 0 Å². The average molecular weight is 515 g/mol. The summed E-state index contributed by atoms with van der Waals surface area (Å²) in [5.41, 5.74) is 1.47. The van der Waals surface area contributed by atoms with E-state index in [2.05, 4.69) is 33.9 Å². The second-order valence-electron chi connectivity index (χ2n) is 10.7. The van der Waals surface area contributed by atoms with Crippen LogP contribution in [0.15, 0.2) is 54.6 Å². The normalized spacial score (nSPS) is 14.6. The van der Waals surface area contributed by atoms with Gasteiger partial charge in [0.2, 0.25) is 0 Å². The standard InChI is InChI=1S/C29H42O6Si/c1-21(27(30)22(2)34-28(31)24-12-10-9-11-13-24)26(35-36(7,8)29(3,4)5)18-19-33-20-23-14-16-25(32-6)17-15-23/h9-17,21-22,26H,18-20H2,1-8H3/t21-,22+,26-/m1/s1. The minimum Gasteiger partial charge on any atom is -0.497 e. The molecule has 0 aliphatic heterocycles. The zero-order valence-corrected chi connectivity index (χ0v) is 24.0. The van der Waals surface area contributed by atoms with Crippen molar-refractivity contribution in [3.05, 3.63) is 65.7 Å². The number of ether oxygens (including phenoxy) is 3. The molecule has 0 bridgehead atoms. The van der Waals surface area contributed by atoms with Gasteiger partial charge in [-0.05, 0) is 61.3 Å². The van der Waals surface area contributed by atoms with Gasteiger partial charge in [-0.2, -0.15) is 0 Å². The highest BCUT2D eigenvalue weighted by molar-refractivity contribution is 6.74. The molecule has 2 rings (SSSR count). The second kappa shape index (κ2) is 13.2. The molecule has 0 spiro atoms. The predicted octanol–water partition coefficient (Wildman–Crippen LogP) is 6.44. The van der Waals surface area contributed by atoms with E-state index in [0.717, 1.165) is 11.3 Å². The first-order valence-electron chi connectivity index (χ1n) is 12.5. The third kappa shape index (κ3) is 8.57. The highest BCUT2D eigenvalue weighted by Gasteiger charge is 2.41. The highest BCUT2D eigenvalue weighted by atomic mass is 28.4. The molecule has 36 heavy (non-hydrogen) atoms.